The summed E-state index contributed by atoms with van der Waals surface area (Å²) >= 11 is 1.89. The Morgan fingerprint density at radius 1 is 0.696 bits per heavy atom. The topological polar surface area (TPSA) is 63.8 Å². The van der Waals surface area contributed by atoms with Gasteiger partial charge in [-0.25, -0.2) is 9.98 Å². The van der Waals surface area contributed by atoms with E-state index in [4.69, 9.17) is 9.98 Å². The maximum atomic E-state index is 9.29. The number of hydrogen-bond acceptors (Lipinski definition) is 6. The van der Waals surface area contributed by atoms with Crippen LogP contribution in [0.3, 0.4) is 0 Å². The molecule has 5 nitrogen and oxygen atoms in total. The Morgan fingerprint density at radius 2 is 1.39 bits per heavy atom. The molecule has 0 spiro atoms. The zero-order chi connectivity index (χ0) is 30.6. The lowest BCUT2D eigenvalue weighted by Crippen LogP contribution is -2.37. The molecule has 6 aromatic rings. The Balaban J connectivity index is 1.10. The molecule has 0 fully saturated rings. The molecule has 0 amide bonds. The van der Waals surface area contributed by atoms with Crippen molar-refractivity contribution in [2.45, 2.75) is 18.1 Å². The number of fused-ring (bicyclic) bond motifs is 6. The molecular weight excluding hydrogens is 583 g/mol. The number of benzene rings is 5. The van der Waals surface area contributed by atoms with Gasteiger partial charge >= 0.3 is 0 Å². The van der Waals surface area contributed by atoms with Crippen molar-refractivity contribution in [2.75, 3.05) is 4.90 Å². The van der Waals surface area contributed by atoms with Crippen LogP contribution in [0.25, 0.3) is 22.2 Å². The average molecular weight is 610 g/mol. The average Bonchev–Trinajstić information content (AvgIpc) is 3.65. The van der Waals surface area contributed by atoms with Crippen LogP contribution in [0.1, 0.15) is 39.9 Å². The Labute approximate surface area is 270 Å². The van der Waals surface area contributed by atoms with Gasteiger partial charge in [-0.3, -0.25) is 0 Å². The molecule has 0 bridgehead atoms. The highest BCUT2D eigenvalue weighted by Gasteiger charge is 2.38. The molecule has 0 saturated heterocycles. The van der Waals surface area contributed by atoms with E-state index in [1.807, 2.05) is 53.8 Å². The SMILES string of the molecule is N#Cc1ccc(C2N=C(c3ccccc3)NC(c3ccc(N4c5ccccc5C5C=c6sc7ccccc7c6=CC54)cc3)=N2)cc1. The molecule has 2 aliphatic heterocycles. The number of anilines is 2. The smallest absolute Gasteiger partial charge is 0.169 e. The Kier molecular flexibility index (Phi) is 6.19. The molecule has 46 heavy (non-hydrogen) atoms. The normalized spacial score (nSPS) is 19.4. The van der Waals surface area contributed by atoms with Crippen LogP contribution in [0.2, 0.25) is 0 Å². The summed E-state index contributed by atoms with van der Waals surface area (Å²) in [6.07, 6.45) is 4.53. The van der Waals surface area contributed by atoms with E-state index in [9.17, 15) is 5.26 Å². The second kappa shape index (κ2) is 10.7. The number of aliphatic imine (C=N–C) groups is 2. The van der Waals surface area contributed by atoms with Crippen molar-refractivity contribution in [3.05, 3.63) is 165 Å². The highest BCUT2D eigenvalue weighted by molar-refractivity contribution is 7.17. The van der Waals surface area contributed by atoms with Crippen LogP contribution in [0.4, 0.5) is 11.4 Å². The zero-order valence-electron chi connectivity index (χ0n) is 24.7. The molecule has 1 N–H and O–H groups in total. The summed E-state index contributed by atoms with van der Waals surface area (Å²) in [5, 5.41) is 15.5. The van der Waals surface area contributed by atoms with Gasteiger partial charge in [-0.2, -0.15) is 5.26 Å². The van der Waals surface area contributed by atoms with E-state index < -0.39 is 6.17 Å². The van der Waals surface area contributed by atoms with Crippen LogP contribution in [-0.4, -0.2) is 17.7 Å². The molecule has 3 unspecified atom stereocenters. The van der Waals surface area contributed by atoms with Gasteiger partial charge in [0.25, 0.3) is 0 Å². The Bertz CT molecular complexity index is 2360. The maximum absolute atomic E-state index is 9.29. The van der Waals surface area contributed by atoms with Gasteiger partial charge in [0.05, 0.1) is 17.7 Å². The van der Waals surface area contributed by atoms with Gasteiger partial charge in [-0.05, 0) is 64.9 Å². The molecule has 3 atom stereocenters. The van der Waals surface area contributed by atoms with Crippen molar-refractivity contribution in [1.29, 1.82) is 5.26 Å². The van der Waals surface area contributed by atoms with Crippen molar-refractivity contribution >= 4 is 56.6 Å². The molecule has 0 radical (unpaired) electrons. The van der Waals surface area contributed by atoms with E-state index in [2.05, 4.69) is 113 Å². The minimum Gasteiger partial charge on any atom is -0.333 e. The molecular formula is C40H27N5S. The minimum absolute atomic E-state index is 0.191. The minimum atomic E-state index is -0.424. The van der Waals surface area contributed by atoms with E-state index in [-0.39, 0.29) is 6.04 Å². The molecule has 218 valence electrons. The highest BCUT2D eigenvalue weighted by Crippen LogP contribution is 2.47. The predicted molar refractivity (Wildman–Crippen MR) is 188 cm³/mol. The van der Waals surface area contributed by atoms with Gasteiger partial charge in [0.2, 0.25) is 0 Å². The van der Waals surface area contributed by atoms with Crippen molar-refractivity contribution in [2.24, 2.45) is 9.98 Å². The van der Waals surface area contributed by atoms with Crippen LogP contribution in [0, 0.1) is 11.3 Å². The lowest BCUT2D eigenvalue weighted by atomic mass is 9.91. The van der Waals surface area contributed by atoms with E-state index in [1.54, 1.807) is 0 Å². The molecule has 3 aliphatic rings. The summed E-state index contributed by atoms with van der Waals surface area (Å²) in [4.78, 5) is 12.5. The van der Waals surface area contributed by atoms with E-state index in [1.165, 1.54) is 31.1 Å². The summed E-state index contributed by atoms with van der Waals surface area (Å²) < 4.78 is 2.70. The fourth-order valence-electron chi connectivity index (χ4n) is 6.88. The van der Waals surface area contributed by atoms with E-state index in [0.717, 1.165) is 34.0 Å². The first kappa shape index (κ1) is 26.6. The lowest BCUT2D eigenvalue weighted by molar-refractivity contribution is 0.755. The second-order valence-electron chi connectivity index (χ2n) is 11.8. The monoisotopic (exact) mass is 609 g/mol. The third-order valence-electron chi connectivity index (χ3n) is 9.10. The number of nitrogens with zero attached hydrogens (tertiary/aromatic N) is 4. The summed E-state index contributed by atoms with van der Waals surface area (Å²) in [6, 6.07) is 46.3. The second-order valence-corrected chi connectivity index (χ2v) is 12.8. The molecule has 9 rings (SSSR count). The standard InChI is InChI=1S/C40H27N5S/c41-24-25-14-16-27(17-15-25)39-42-38(26-8-2-1-3-9-26)43-40(44-39)28-18-20-29(21-19-28)45-34-12-6-4-10-30(34)32-23-37-33(22-35(32)45)31-11-5-7-13-36(31)46-37/h1-23,32,35,39H,(H,42,43,44). The first-order chi connectivity index (χ1) is 22.7. The number of nitriles is 1. The van der Waals surface area contributed by atoms with Gasteiger partial charge in [0.1, 0.15) is 11.7 Å². The van der Waals surface area contributed by atoms with Crippen molar-refractivity contribution < 1.29 is 0 Å². The maximum Gasteiger partial charge on any atom is 0.169 e. The number of rotatable bonds is 4. The highest BCUT2D eigenvalue weighted by atomic mass is 32.1. The van der Waals surface area contributed by atoms with E-state index in [0.29, 0.717) is 11.5 Å². The van der Waals surface area contributed by atoms with Crippen LogP contribution >= 0.6 is 11.3 Å². The van der Waals surface area contributed by atoms with Crippen molar-refractivity contribution in [3.8, 4) is 6.07 Å². The van der Waals surface area contributed by atoms with Gasteiger partial charge in [0, 0.05) is 43.0 Å². The predicted octanol–water partition coefficient (Wildman–Crippen LogP) is 7.15. The van der Waals surface area contributed by atoms with Gasteiger partial charge in [0.15, 0.2) is 6.17 Å². The van der Waals surface area contributed by atoms with Crippen LogP contribution in [0.15, 0.2) is 137 Å². The fraction of sp³-hybridized carbons (Fsp3) is 0.0750. The molecule has 1 aromatic heterocycles. The molecule has 3 heterocycles. The molecule has 0 saturated carbocycles. The number of thiophene rings is 1. The quantitative estimate of drug-likeness (QED) is 0.231. The molecule has 5 aromatic carbocycles. The number of nitrogens with one attached hydrogen (secondary N) is 1. The first-order valence-electron chi connectivity index (χ1n) is 15.4. The summed E-state index contributed by atoms with van der Waals surface area (Å²) in [5.41, 5.74) is 7.30. The fourth-order valence-corrected chi connectivity index (χ4v) is 8.06. The number of amidine groups is 2. The van der Waals surface area contributed by atoms with Crippen molar-refractivity contribution in [1.82, 2.24) is 5.32 Å². The molecule has 1 aliphatic carbocycles. The summed E-state index contributed by atoms with van der Waals surface area (Å²) in [5.74, 6) is 1.83. The Hall–Kier alpha value is -5.77. The van der Waals surface area contributed by atoms with Crippen LogP contribution in [0.5, 0.6) is 0 Å². The summed E-state index contributed by atoms with van der Waals surface area (Å²) in [7, 11) is 0. The lowest BCUT2D eigenvalue weighted by Gasteiger charge is -2.29. The summed E-state index contributed by atoms with van der Waals surface area (Å²) in [6.45, 7) is 0. The van der Waals surface area contributed by atoms with Gasteiger partial charge in [-0.15, -0.1) is 11.3 Å². The third-order valence-corrected chi connectivity index (χ3v) is 10.2. The van der Waals surface area contributed by atoms with Crippen LogP contribution < -0.4 is 20.0 Å². The largest absolute Gasteiger partial charge is 0.333 e. The first-order valence-corrected chi connectivity index (χ1v) is 16.2. The number of hydrogen-bond donors (Lipinski definition) is 1. The van der Waals surface area contributed by atoms with Gasteiger partial charge in [-0.1, -0.05) is 91.0 Å². The van der Waals surface area contributed by atoms with Crippen molar-refractivity contribution in [3.63, 3.8) is 0 Å². The third kappa shape index (κ3) is 4.36. The molecule has 6 heteroatoms. The number of para-hydroxylation sites is 1. The van der Waals surface area contributed by atoms with Crippen LogP contribution in [-0.2, 0) is 0 Å². The zero-order valence-corrected chi connectivity index (χ0v) is 25.5. The Morgan fingerprint density at radius 3 is 2.17 bits per heavy atom. The van der Waals surface area contributed by atoms with Gasteiger partial charge < -0.3 is 10.2 Å². The van der Waals surface area contributed by atoms with E-state index >= 15 is 0 Å².